The van der Waals surface area contributed by atoms with Gasteiger partial charge >= 0.3 is 0 Å². The topological polar surface area (TPSA) is 41.6 Å². The lowest BCUT2D eigenvalue weighted by Gasteiger charge is -2.30. The Balaban J connectivity index is 2.01. The van der Waals surface area contributed by atoms with Gasteiger partial charge < -0.3 is 10.1 Å². The smallest absolute Gasteiger partial charge is 0.248 e. The van der Waals surface area contributed by atoms with Crippen LogP contribution in [0.1, 0.15) is 45.2 Å². The summed E-state index contributed by atoms with van der Waals surface area (Å²) in [6.45, 7) is 9.87. The monoisotopic (exact) mass is 412 g/mol. The number of hydrogen-bond acceptors (Lipinski definition) is 3. The quantitative estimate of drug-likeness (QED) is 0.521. The van der Waals surface area contributed by atoms with E-state index >= 15 is 0 Å². The van der Waals surface area contributed by atoms with Gasteiger partial charge in [-0.3, -0.25) is 9.69 Å². The molecule has 2 rings (SSSR count). The van der Waals surface area contributed by atoms with Gasteiger partial charge in [0.25, 0.3) is 0 Å². The lowest BCUT2D eigenvalue weighted by atomic mass is 10.1. The van der Waals surface area contributed by atoms with Gasteiger partial charge in [-0.25, -0.2) is 4.39 Å². The normalized spacial score (nSPS) is 11.6. The Hall–Kier alpha value is -2.66. The predicted molar refractivity (Wildman–Crippen MR) is 122 cm³/mol. The number of amides is 1. The summed E-state index contributed by atoms with van der Waals surface area (Å²) in [4.78, 5) is 14.7. The third kappa shape index (κ3) is 7.30. The van der Waals surface area contributed by atoms with Crippen LogP contribution in [0.2, 0.25) is 0 Å². The van der Waals surface area contributed by atoms with Crippen molar-refractivity contribution in [2.45, 2.75) is 52.6 Å². The van der Waals surface area contributed by atoms with E-state index in [1.54, 1.807) is 25.3 Å². The van der Waals surface area contributed by atoms with Gasteiger partial charge in [-0.05, 0) is 94.6 Å². The second-order valence-corrected chi connectivity index (χ2v) is 7.93. The van der Waals surface area contributed by atoms with Crippen LogP contribution >= 0.6 is 0 Å². The molecule has 0 atom stereocenters. The highest BCUT2D eigenvalue weighted by atomic mass is 19.1. The molecule has 0 unspecified atom stereocenters. The Morgan fingerprint density at radius 3 is 2.50 bits per heavy atom. The van der Waals surface area contributed by atoms with Crippen molar-refractivity contribution in [2.24, 2.45) is 0 Å². The van der Waals surface area contributed by atoms with Crippen LogP contribution in [0.5, 0.6) is 5.75 Å². The van der Waals surface area contributed by atoms with Gasteiger partial charge in [0.1, 0.15) is 11.6 Å². The van der Waals surface area contributed by atoms with Gasteiger partial charge in [0, 0.05) is 23.8 Å². The number of benzene rings is 2. The molecule has 5 heteroatoms. The Bertz CT molecular complexity index is 854. The van der Waals surface area contributed by atoms with Crippen LogP contribution in [0, 0.1) is 5.82 Å². The zero-order chi connectivity index (χ0) is 22.1. The van der Waals surface area contributed by atoms with Crippen LogP contribution in [0.15, 0.2) is 48.5 Å². The summed E-state index contributed by atoms with van der Waals surface area (Å²) in [6, 6.07) is 12.8. The number of anilines is 1. The van der Waals surface area contributed by atoms with E-state index in [1.807, 2.05) is 18.2 Å². The van der Waals surface area contributed by atoms with Crippen molar-refractivity contribution in [1.29, 1.82) is 0 Å². The van der Waals surface area contributed by atoms with Crippen molar-refractivity contribution < 1.29 is 13.9 Å². The van der Waals surface area contributed by atoms with E-state index < -0.39 is 0 Å². The number of aryl methyl sites for hydroxylation is 1. The molecular formula is C25H33FN2O2. The van der Waals surface area contributed by atoms with Crippen LogP contribution in [0.3, 0.4) is 0 Å². The lowest BCUT2D eigenvalue weighted by Crippen LogP contribution is -2.37. The highest BCUT2D eigenvalue weighted by Gasteiger charge is 2.13. The van der Waals surface area contributed by atoms with E-state index in [-0.39, 0.29) is 11.7 Å². The molecular weight excluding hydrogens is 379 g/mol. The van der Waals surface area contributed by atoms with Crippen molar-refractivity contribution in [3.8, 4) is 5.75 Å². The third-order valence-corrected chi connectivity index (χ3v) is 5.01. The molecule has 0 saturated carbocycles. The summed E-state index contributed by atoms with van der Waals surface area (Å²) < 4.78 is 18.7. The molecule has 162 valence electrons. The number of carbonyl (C=O) groups excluding carboxylic acids is 1. The number of nitrogens with one attached hydrogen (secondary N) is 1. The van der Waals surface area contributed by atoms with Crippen molar-refractivity contribution in [3.63, 3.8) is 0 Å². The first-order valence-electron chi connectivity index (χ1n) is 10.5. The molecule has 0 radical (unpaired) electrons. The fourth-order valence-corrected chi connectivity index (χ4v) is 3.58. The molecule has 1 amide bonds. The molecule has 30 heavy (non-hydrogen) atoms. The maximum Gasteiger partial charge on any atom is 0.248 e. The standard InChI is InChI=1S/C25H33FN2O2/c1-18(2)28(19(3)4)15-7-9-21-17-23(12-13-24(21)30-5)27-25(29)14-11-20-8-6-10-22(26)16-20/h6,8,10-14,16-19H,7,9,15H2,1-5H3,(H,27,29)/b14-11+. The minimum atomic E-state index is -0.328. The predicted octanol–water partition coefficient (Wildman–Crippen LogP) is 5.54. The van der Waals surface area contributed by atoms with Gasteiger partial charge in [0.15, 0.2) is 0 Å². The van der Waals surface area contributed by atoms with Gasteiger partial charge in [-0.1, -0.05) is 12.1 Å². The van der Waals surface area contributed by atoms with E-state index in [1.165, 1.54) is 18.2 Å². The number of nitrogens with zero attached hydrogens (tertiary/aromatic N) is 1. The SMILES string of the molecule is COc1ccc(NC(=O)/C=C/c2cccc(F)c2)cc1CCCN(C(C)C)C(C)C. The van der Waals surface area contributed by atoms with Crippen LogP contribution in [-0.4, -0.2) is 36.5 Å². The van der Waals surface area contributed by atoms with Crippen molar-refractivity contribution in [2.75, 3.05) is 19.0 Å². The molecule has 0 aliphatic heterocycles. The molecule has 2 aromatic carbocycles. The van der Waals surface area contributed by atoms with Gasteiger partial charge in [-0.15, -0.1) is 0 Å². The maximum absolute atomic E-state index is 13.2. The molecule has 0 aliphatic rings. The first-order valence-corrected chi connectivity index (χ1v) is 10.5. The van der Waals surface area contributed by atoms with Crippen LogP contribution in [0.4, 0.5) is 10.1 Å². The molecule has 1 N–H and O–H groups in total. The Labute approximate surface area is 179 Å². The van der Waals surface area contributed by atoms with Crippen molar-refractivity contribution in [1.82, 2.24) is 4.90 Å². The number of methoxy groups -OCH3 is 1. The molecule has 0 fully saturated rings. The summed E-state index contributed by atoms with van der Waals surface area (Å²) in [6.07, 6.45) is 4.86. The van der Waals surface area contributed by atoms with E-state index in [4.69, 9.17) is 4.74 Å². The van der Waals surface area contributed by atoms with E-state index in [0.717, 1.165) is 30.7 Å². The molecule has 0 spiro atoms. The molecule has 0 saturated heterocycles. The molecule has 2 aromatic rings. The van der Waals surface area contributed by atoms with E-state index in [9.17, 15) is 9.18 Å². The number of ether oxygens (including phenoxy) is 1. The Morgan fingerprint density at radius 2 is 1.87 bits per heavy atom. The van der Waals surface area contributed by atoms with Crippen LogP contribution in [0.25, 0.3) is 6.08 Å². The average molecular weight is 413 g/mol. The van der Waals surface area contributed by atoms with E-state index in [0.29, 0.717) is 23.3 Å². The number of hydrogen-bond donors (Lipinski definition) is 1. The summed E-state index contributed by atoms with van der Waals surface area (Å²) in [7, 11) is 1.66. The van der Waals surface area contributed by atoms with Gasteiger partial charge in [0.05, 0.1) is 7.11 Å². The fraction of sp³-hybridized carbons (Fsp3) is 0.400. The fourth-order valence-electron chi connectivity index (χ4n) is 3.58. The summed E-state index contributed by atoms with van der Waals surface area (Å²) in [5.41, 5.74) is 2.42. The lowest BCUT2D eigenvalue weighted by molar-refractivity contribution is -0.111. The maximum atomic E-state index is 13.2. The number of halogens is 1. The van der Waals surface area contributed by atoms with Crippen molar-refractivity contribution >= 4 is 17.7 Å². The van der Waals surface area contributed by atoms with Crippen LogP contribution in [-0.2, 0) is 11.2 Å². The molecule has 4 nitrogen and oxygen atoms in total. The zero-order valence-corrected chi connectivity index (χ0v) is 18.6. The first kappa shape index (κ1) is 23.6. The molecule has 0 heterocycles. The highest BCUT2D eigenvalue weighted by Crippen LogP contribution is 2.24. The molecule has 0 bridgehead atoms. The van der Waals surface area contributed by atoms with E-state index in [2.05, 4.69) is 37.9 Å². The minimum Gasteiger partial charge on any atom is -0.496 e. The summed E-state index contributed by atoms with van der Waals surface area (Å²) >= 11 is 0. The molecule has 0 aliphatic carbocycles. The van der Waals surface area contributed by atoms with Gasteiger partial charge in [0.2, 0.25) is 5.91 Å². The third-order valence-electron chi connectivity index (χ3n) is 5.01. The second-order valence-electron chi connectivity index (χ2n) is 7.93. The zero-order valence-electron chi connectivity index (χ0n) is 18.6. The highest BCUT2D eigenvalue weighted by molar-refractivity contribution is 6.02. The average Bonchev–Trinajstić information content (AvgIpc) is 2.69. The second kappa shape index (κ2) is 11.5. The first-order chi connectivity index (χ1) is 14.3. The summed E-state index contributed by atoms with van der Waals surface area (Å²) in [5, 5.41) is 2.87. The largest absolute Gasteiger partial charge is 0.496 e. The Morgan fingerprint density at radius 1 is 1.13 bits per heavy atom. The van der Waals surface area contributed by atoms with Crippen molar-refractivity contribution in [3.05, 3.63) is 65.5 Å². The number of carbonyl (C=O) groups is 1. The van der Waals surface area contributed by atoms with Crippen LogP contribution < -0.4 is 10.1 Å². The number of rotatable bonds is 10. The van der Waals surface area contributed by atoms with Gasteiger partial charge in [-0.2, -0.15) is 0 Å². The summed E-state index contributed by atoms with van der Waals surface area (Å²) in [5.74, 6) is 0.232. The minimum absolute atomic E-state index is 0.263. The Kier molecular flexibility index (Phi) is 9.06. The molecule has 0 aromatic heterocycles.